The highest BCUT2D eigenvalue weighted by molar-refractivity contribution is 6.42. The molecule has 36 heavy (non-hydrogen) atoms. The van der Waals surface area contributed by atoms with Crippen LogP contribution < -0.4 is 0 Å². The topological polar surface area (TPSA) is 55.1 Å². The predicted octanol–water partition coefficient (Wildman–Crippen LogP) is 7.92. The molecule has 4 nitrogen and oxygen atoms in total. The zero-order chi connectivity index (χ0) is 26.2. The molecule has 0 amide bonds. The van der Waals surface area contributed by atoms with Crippen LogP contribution in [0.1, 0.15) is 46.9 Å². The van der Waals surface area contributed by atoms with Crippen molar-refractivity contribution in [2.24, 2.45) is 0 Å². The van der Waals surface area contributed by atoms with Crippen LogP contribution in [0.25, 0.3) is 5.69 Å². The molecule has 4 aromatic rings. The molecule has 0 atom stereocenters. The van der Waals surface area contributed by atoms with Gasteiger partial charge in [-0.05, 0) is 60.5 Å². The summed E-state index contributed by atoms with van der Waals surface area (Å²) >= 11 is 18.6. The molecule has 0 saturated carbocycles. The summed E-state index contributed by atoms with van der Waals surface area (Å²) in [4.78, 5) is 15.8. The molecule has 9 heteroatoms. The summed E-state index contributed by atoms with van der Waals surface area (Å²) in [5, 5.41) is 10.0. The fourth-order valence-corrected chi connectivity index (χ4v) is 4.72. The Morgan fingerprint density at radius 3 is 2.25 bits per heavy atom. The van der Waals surface area contributed by atoms with E-state index in [1.165, 1.54) is 18.2 Å². The number of aromatic nitrogens is 2. The minimum atomic E-state index is -1.26. The molecular weight excluding hydrogens is 529 g/mol. The summed E-state index contributed by atoms with van der Waals surface area (Å²) < 4.78 is 30.3. The van der Waals surface area contributed by atoms with Gasteiger partial charge in [-0.3, -0.25) is 4.57 Å². The number of carboxylic acid groups (broad SMARTS) is 1. The van der Waals surface area contributed by atoms with Crippen molar-refractivity contribution in [3.05, 3.63) is 116 Å². The van der Waals surface area contributed by atoms with Gasteiger partial charge in [0.05, 0.1) is 21.3 Å². The van der Waals surface area contributed by atoms with Crippen molar-refractivity contribution >= 4 is 40.8 Å². The summed E-state index contributed by atoms with van der Waals surface area (Å²) in [6.45, 7) is 4.02. The van der Waals surface area contributed by atoms with Crippen LogP contribution in [0.5, 0.6) is 0 Å². The van der Waals surface area contributed by atoms with Crippen LogP contribution in [-0.4, -0.2) is 20.6 Å². The minimum absolute atomic E-state index is 0.0312. The Labute approximate surface area is 222 Å². The molecule has 4 rings (SSSR count). The normalized spacial score (nSPS) is 11.6. The van der Waals surface area contributed by atoms with Crippen molar-refractivity contribution in [3.63, 3.8) is 0 Å². The smallest absolute Gasteiger partial charge is 0.335 e. The molecule has 0 spiro atoms. The average molecular weight is 550 g/mol. The number of carbonyl (C=O) groups is 1. The van der Waals surface area contributed by atoms with Crippen LogP contribution >= 0.6 is 34.8 Å². The molecule has 0 saturated heterocycles. The zero-order valence-electron chi connectivity index (χ0n) is 19.3. The predicted molar refractivity (Wildman–Crippen MR) is 138 cm³/mol. The highest BCUT2D eigenvalue weighted by Crippen LogP contribution is 2.37. The fraction of sp³-hybridized carbons (Fsp3) is 0.185. The Kier molecular flexibility index (Phi) is 7.41. The third-order valence-corrected chi connectivity index (χ3v) is 7.26. The molecule has 0 aliphatic carbocycles. The first-order chi connectivity index (χ1) is 17.0. The van der Waals surface area contributed by atoms with Gasteiger partial charge < -0.3 is 5.11 Å². The third kappa shape index (κ3) is 5.12. The number of imidazole rings is 1. The molecule has 0 radical (unpaired) electrons. The van der Waals surface area contributed by atoms with Gasteiger partial charge in [0.15, 0.2) is 0 Å². The minimum Gasteiger partial charge on any atom is -0.478 e. The van der Waals surface area contributed by atoms with E-state index < -0.39 is 17.2 Å². The van der Waals surface area contributed by atoms with Crippen molar-refractivity contribution < 1.29 is 18.7 Å². The van der Waals surface area contributed by atoms with Gasteiger partial charge in [0.1, 0.15) is 17.5 Å². The molecule has 1 heterocycles. The van der Waals surface area contributed by atoms with Gasteiger partial charge in [0.25, 0.3) is 0 Å². The van der Waals surface area contributed by atoms with Crippen molar-refractivity contribution in [1.29, 1.82) is 0 Å². The second-order valence-electron chi connectivity index (χ2n) is 8.85. The van der Waals surface area contributed by atoms with Crippen LogP contribution in [-0.2, 0) is 18.3 Å². The molecule has 0 aliphatic heterocycles. The maximum absolute atomic E-state index is 14.7. The molecular formula is C27H21Cl3F2N2O2. The molecule has 0 aliphatic rings. The lowest BCUT2D eigenvalue weighted by atomic mass is 9.81. The number of nitrogens with zero attached hydrogens (tertiary/aromatic N) is 2. The summed E-state index contributed by atoms with van der Waals surface area (Å²) in [5.74, 6) is -1.74. The lowest BCUT2D eigenvalue weighted by Gasteiger charge is -2.28. The van der Waals surface area contributed by atoms with E-state index in [9.17, 15) is 13.6 Å². The number of aryl methyl sites for hydroxylation is 1. The Balaban J connectivity index is 1.77. The first-order valence-electron chi connectivity index (χ1n) is 11.0. The number of hydrogen-bond acceptors (Lipinski definition) is 2. The van der Waals surface area contributed by atoms with Crippen LogP contribution in [0.4, 0.5) is 8.78 Å². The van der Waals surface area contributed by atoms with Crippen molar-refractivity contribution in [2.45, 2.75) is 32.1 Å². The van der Waals surface area contributed by atoms with Crippen molar-refractivity contribution in [1.82, 2.24) is 9.55 Å². The van der Waals surface area contributed by atoms with E-state index in [0.29, 0.717) is 21.6 Å². The number of halogens is 5. The van der Waals surface area contributed by atoms with Crippen molar-refractivity contribution in [2.75, 3.05) is 0 Å². The zero-order valence-corrected chi connectivity index (χ0v) is 21.6. The number of aromatic carboxylic acids is 1. The van der Waals surface area contributed by atoms with E-state index >= 15 is 0 Å². The molecule has 0 unspecified atom stereocenters. The van der Waals surface area contributed by atoms with E-state index in [4.69, 9.17) is 39.9 Å². The van der Waals surface area contributed by atoms with Gasteiger partial charge in [0, 0.05) is 34.3 Å². The number of carboxylic acids is 1. The molecule has 3 aromatic carbocycles. The van der Waals surface area contributed by atoms with E-state index in [1.807, 2.05) is 24.5 Å². The standard InChI is InChI=1S/C27H21Cl3F2N2O2/c1-27(2,16-3-9-20(28)22(30)13-16)24-14-33-25(34(24)18-6-4-17(31)5-7-18)10-8-19-21(29)11-15(26(35)36)12-23(19)32/h3-7,9,11-14H,8,10H2,1-2H3,(H,35,36). The van der Waals surface area contributed by atoms with Crippen molar-refractivity contribution in [3.8, 4) is 5.69 Å². The van der Waals surface area contributed by atoms with Gasteiger partial charge in [-0.1, -0.05) is 54.7 Å². The lowest BCUT2D eigenvalue weighted by molar-refractivity contribution is 0.0696. The van der Waals surface area contributed by atoms with E-state index in [-0.39, 0.29) is 34.8 Å². The Hall–Kier alpha value is -2.93. The molecule has 186 valence electrons. The van der Waals surface area contributed by atoms with Gasteiger partial charge in [0.2, 0.25) is 0 Å². The quantitative estimate of drug-likeness (QED) is 0.255. The SMILES string of the molecule is CC(C)(c1ccc(Cl)c(Cl)c1)c1cnc(CCc2c(F)cc(C(=O)O)cc2Cl)n1-c1ccc(F)cc1. The van der Waals surface area contributed by atoms with Crippen LogP contribution in [0.15, 0.2) is 60.8 Å². The molecule has 0 bridgehead atoms. The van der Waals surface area contributed by atoms with Gasteiger partial charge in [-0.25, -0.2) is 18.6 Å². The summed E-state index contributed by atoms with van der Waals surface area (Å²) in [7, 11) is 0. The third-order valence-electron chi connectivity index (χ3n) is 6.19. The summed E-state index contributed by atoms with van der Waals surface area (Å²) in [5.41, 5.74) is 1.76. The maximum atomic E-state index is 14.7. The first-order valence-corrected chi connectivity index (χ1v) is 12.1. The monoisotopic (exact) mass is 548 g/mol. The van der Waals surface area contributed by atoms with E-state index in [2.05, 4.69) is 4.98 Å². The second kappa shape index (κ2) is 10.2. The van der Waals surface area contributed by atoms with Gasteiger partial charge >= 0.3 is 5.97 Å². The van der Waals surface area contributed by atoms with Gasteiger partial charge in [-0.2, -0.15) is 0 Å². The molecule has 0 fully saturated rings. The largest absolute Gasteiger partial charge is 0.478 e. The van der Waals surface area contributed by atoms with Crippen LogP contribution in [0, 0.1) is 11.6 Å². The summed E-state index contributed by atoms with van der Waals surface area (Å²) in [6, 6.07) is 13.6. The first kappa shape index (κ1) is 26.1. The highest BCUT2D eigenvalue weighted by Gasteiger charge is 2.30. The Bertz CT molecular complexity index is 1430. The number of rotatable bonds is 7. The summed E-state index contributed by atoms with van der Waals surface area (Å²) in [6.07, 6.45) is 2.19. The Morgan fingerprint density at radius 1 is 0.944 bits per heavy atom. The van der Waals surface area contributed by atoms with Crippen LogP contribution in [0.2, 0.25) is 15.1 Å². The molecule has 1 aromatic heterocycles. The lowest BCUT2D eigenvalue weighted by Crippen LogP contribution is -2.23. The maximum Gasteiger partial charge on any atom is 0.335 e. The van der Waals surface area contributed by atoms with E-state index in [1.54, 1.807) is 30.5 Å². The number of benzene rings is 3. The highest BCUT2D eigenvalue weighted by atomic mass is 35.5. The number of hydrogen-bond donors (Lipinski definition) is 1. The van der Waals surface area contributed by atoms with Crippen LogP contribution in [0.3, 0.4) is 0 Å². The fourth-order valence-electron chi connectivity index (χ4n) is 4.12. The van der Waals surface area contributed by atoms with E-state index in [0.717, 1.165) is 17.3 Å². The second-order valence-corrected chi connectivity index (χ2v) is 10.1. The van der Waals surface area contributed by atoms with Gasteiger partial charge in [-0.15, -0.1) is 0 Å². The average Bonchev–Trinajstić information content (AvgIpc) is 3.25. The molecule has 1 N–H and O–H groups in total. The Morgan fingerprint density at radius 2 is 1.64 bits per heavy atom.